The first kappa shape index (κ1) is 30.0. The summed E-state index contributed by atoms with van der Waals surface area (Å²) in [6.45, 7) is 9.59. The first-order valence-corrected chi connectivity index (χ1v) is 16.3. The molecule has 2 aliphatic rings. The molecule has 4 amide bonds. The van der Waals surface area contributed by atoms with Crippen LogP contribution in [0.4, 0.5) is 0 Å². The molecule has 10 nitrogen and oxygen atoms in total. The van der Waals surface area contributed by atoms with Gasteiger partial charge in [-0.1, -0.05) is 31.2 Å². The highest BCUT2D eigenvalue weighted by molar-refractivity contribution is 6.30. The highest BCUT2D eigenvalue weighted by Crippen LogP contribution is 2.38. The Hall–Kier alpha value is -5.32. The summed E-state index contributed by atoms with van der Waals surface area (Å²) >= 11 is 0. The Morgan fingerprint density at radius 1 is 0.646 bits per heavy atom. The van der Waals surface area contributed by atoms with Crippen LogP contribution in [0.15, 0.2) is 82.0 Å². The first-order chi connectivity index (χ1) is 23.1. The number of amides is 4. The van der Waals surface area contributed by atoms with Crippen LogP contribution in [0.3, 0.4) is 0 Å². The van der Waals surface area contributed by atoms with Crippen LogP contribution in [-0.4, -0.2) is 62.9 Å². The van der Waals surface area contributed by atoms with E-state index < -0.39 is 36.2 Å². The number of fused-ring (bicyclic) bond motifs is 4. The minimum absolute atomic E-state index is 0.135. The van der Waals surface area contributed by atoms with Crippen LogP contribution in [-0.2, 0) is 0 Å². The van der Waals surface area contributed by atoms with Crippen LogP contribution >= 0.6 is 0 Å². The van der Waals surface area contributed by atoms with Crippen LogP contribution in [0.25, 0.3) is 43.5 Å². The summed E-state index contributed by atoms with van der Waals surface area (Å²) in [7, 11) is 0. The Kier molecular flexibility index (Phi) is 6.80. The summed E-state index contributed by atoms with van der Waals surface area (Å²) in [4.78, 5) is 61.0. The number of nitrogens with zero attached hydrogens (tertiary/aromatic N) is 3. The molecule has 3 unspecified atom stereocenters. The van der Waals surface area contributed by atoms with Crippen LogP contribution < -0.4 is 5.32 Å². The summed E-state index contributed by atoms with van der Waals surface area (Å²) < 4.78 is 11.3. The SMILES string of the molecule is CCC(NC(C)N1C(=O)c2cccc3c2c(cc2occc23)C1=O)N(C(C)C)C(C)N1C(=O)c2cccc3c2c(cc2occc23)C1=O. The Balaban J connectivity index is 1.12. The van der Waals surface area contributed by atoms with Gasteiger partial charge in [-0.3, -0.25) is 39.2 Å². The molecule has 2 aliphatic heterocycles. The fraction of sp³-hybridized carbons (Fsp3) is 0.263. The van der Waals surface area contributed by atoms with Crippen molar-refractivity contribution < 1.29 is 28.0 Å². The molecule has 1 N–H and O–H groups in total. The minimum Gasteiger partial charge on any atom is -0.464 e. The van der Waals surface area contributed by atoms with Crippen molar-refractivity contribution in [2.24, 2.45) is 0 Å². The van der Waals surface area contributed by atoms with Gasteiger partial charge in [0.1, 0.15) is 11.2 Å². The molecule has 4 aromatic carbocycles. The van der Waals surface area contributed by atoms with Crippen molar-refractivity contribution in [3.05, 3.63) is 95.4 Å². The smallest absolute Gasteiger partial charge is 0.262 e. The maximum atomic E-state index is 14.2. The lowest BCUT2D eigenvalue weighted by Crippen LogP contribution is -2.64. The average Bonchev–Trinajstić information content (AvgIpc) is 3.75. The molecule has 242 valence electrons. The molecule has 2 aromatic heterocycles. The van der Waals surface area contributed by atoms with Gasteiger partial charge in [0.05, 0.1) is 42.2 Å². The quantitative estimate of drug-likeness (QED) is 0.138. The van der Waals surface area contributed by atoms with Crippen molar-refractivity contribution >= 4 is 67.1 Å². The molecule has 0 saturated heterocycles. The lowest BCUT2D eigenvalue weighted by molar-refractivity contribution is -0.00988. The number of carbonyl (C=O) groups is 4. The van der Waals surface area contributed by atoms with E-state index >= 15 is 0 Å². The van der Waals surface area contributed by atoms with Crippen molar-refractivity contribution in [3.63, 3.8) is 0 Å². The molecule has 0 spiro atoms. The van der Waals surface area contributed by atoms with Gasteiger partial charge in [0.15, 0.2) is 0 Å². The maximum Gasteiger partial charge on any atom is 0.262 e. The number of imide groups is 2. The molecule has 0 saturated carbocycles. The standard InChI is InChI=1S/C38H34N4O6/c1-6-32(39-20(4)41-35(43)26-11-7-9-24-22-13-15-47-30(22)17-28(33(24)26)37(41)45)40(19(2)3)21(5)42-36(44)27-12-8-10-25-23-14-16-48-31(23)18-29(34(25)27)38(42)46/h7-21,32,39H,6H2,1-5H3. The van der Waals surface area contributed by atoms with Gasteiger partial charge in [-0.05, 0) is 81.3 Å². The molecular weight excluding hydrogens is 608 g/mol. The normalized spacial score (nSPS) is 16.8. The van der Waals surface area contributed by atoms with Crippen molar-refractivity contribution in [2.75, 3.05) is 0 Å². The number of nitrogens with one attached hydrogen (secondary N) is 1. The number of rotatable bonds is 8. The van der Waals surface area contributed by atoms with E-state index in [-0.39, 0.29) is 11.9 Å². The summed E-state index contributed by atoms with van der Waals surface area (Å²) in [6, 6.07) is 17.9. The second-order valence-corrected chi connectivity index (χ2v) is 12.9. The lowest BCUT2D eigenvalue weighted by Gasteiger charge is -2.46. The Bertz CT molecular complexity index is 2350. The van der Waals surface area contributed by atoms with Gasteiger partial charge in [-0.2, -0.15) is 0 Å². The van der Waals surface area contributed by atoms with E-state index in [0.29, 0.717) is 50.6 Å². The van der Waals surface area contributed by atoms with Gasteiger partial charge in [-0.15, -0.1) is 0 Å². The number of benzene rings is 4. The second kappa shape index (κ2) is 10.9. The number of furan rings is 2. The molecule has 6 aromatic rings. The van der Waals surface area contributed by atoms with Gasteiger partial charge in [0.2, 0.25) is 0 Å². The third kappa shape index (κ3) is 4.12. The third-order valence-electron chi connectivity index (χ3n) is 9.95. The Morgan fingerprint density at radius 3 is 1.62 bits per heavy atom. The zero-order valence-electron chi connectivity index (χ0n) is 27.2. The van der Waals surface area contributed by atoms with Crippen molar-refractivity contribution in [3.8, 4) is 0 Å². The van der Waals surface area contributed by atoms with Crippen molar-refractivity contribution in [2.45, 2.75) is 65.6 Å². The fourth-order valence-corrected chi connectivity index (χ4v) is 7.89. The Morgan fingerprint density at radius 2 is 1.12 bits per heavy atom. The van der Waals surface area contributed by atoms with Crippen LogP contribution in [0.5, 0.6) is 0 Å². The van der Waals surface area contributed by atoms with Gasteiger partial charge in [0.25, 0.3) is 23.6 Å². The zero-order valence-corrected chi connectivity index (χ0v) is 27.2. The highest BCUT2D eigenvalue weighted by atomic mass is 16.3. The monoisotopic (exact) mass is 642 g/mol. The number of carbonyl (C=O) groups excluding carboxylic acids is 4. The summed E-state index contributed by atoms with van der Waals surface area (Å²) in [5.74, 6) is -1.60. The van der Waals surface area contributed by atoms with Gasteiger partial charge in [-0.25, -0.2) is 0 Å². The van der Waals surface area contributed by atoms with Crippen molar-refractivity contribution in [1.29, 1.82) is 0 Å². The molecular formula is C38H34N4O6. The maximum absolute atomic E-state index is 14.2. The summed E-state index contributed by atoms with van der Waals surface area (Å²) in [5.41, 5.74) is 2.87. The van der Waals surface area contributed by atoms with Gasteiger partial charge < -0.3 is 8.83 Å². The predicted octanol–water partition coefficient (Wildman–Crippen LogP) is 7.11. The molecule has 4 heterocycles. The topological polar surface area (TPSA) is 116 Å². The van der Waals surface area contributed by atoms with E-state index in [9.17, 15) is 19.2 Å². The van der Waals surface area contributed by atoms with Crippen LogP contribution in [0.1, 0.15) is 82.5 Å². The summed E-state index contributed by atoms with van der Waals surface area (Å²) in [6.07, 6.45) is 1.88. The molecule has 0 radical (unpaired) electrons. The van der Waals surface area contributed by atoms with Crippen molar-refractivity contribution in [1.82, 2.24) is 20.0 Å². The van der Waals surface area contributed by atoms with E-state index in [1.54, 1.807) is 43.7 Å². The number of hydrogen-bond acceptors (Lipinski definition) is 8. The molecule has 48 heavy (non-hydrogen) atoms. The van der Waals surface area contributed by atoms with E-state index in [0.717, 1.165) is 21.5 Å². The minimum atomic E-state index is -0.728. The third-order valence-corrected chi connectivity index (χ3v) is 9.95. The fourth-order valence-electron chi connectivity index (χ4n) is 7.89. The molecule has 3 atom stereocenters. The first-order valence-electron chi connectivity index (χ1n) is 16.3. The van der Waals surface area contributed by atoms with Gasteiger partial charge in [0, 0.05) is 38.7 Å². The molecule has 0 fully saturated rings. The second-order valence-electron chi connectivity index (χ2n) is 12.9. The average molecular weight is 643 g/mol. The lowest BCUT2D eigenvalue weighted by atomic mass is 9.91. The van der Waals surface area contributed by atoms with E-state index in [4.69, 9.17) is 8.83 Å². The molecule has 10 heteroatoms. The van der Waals surface area contributed by atoms with E-state index in [1.807, 2.05) is 69.0 Å². The van der Waals surface area contributed by atoms with Gasteiger partial charge >= 0.3 is 0 Å². The van der Waals surface area contributed by atoms with Crippen LogP contribution in [0, 0.1) is 0 Å². The number of hydrogen-bond donors (Lipinski definition) is 1. The molecule has 8 rings (SSSR count). The van der Waals surface area contributed by atoms with Crippen LogP contribution in [0.2, 0.25) is 0 Å². The Labute approximate surface area is 275 Å². The predicted molar refractivity (Wildman–Crippen MR) is 182 cm³/mol. The molecule has 0 bridgehead atoms. The van der Waals surface area contributed by atoms with E-state index in [2.05, 4.69) is 5.32 Å². The zero-order chi connectivity index (χ0) is 33.6. The highest BCUT2D eigenvalue weighted by Gasteiger charge is 2.42. The van der Waals surface area contributed by atoms with E-state index in [1.165, 1.54) is 9.80 Å². The largest absolute Gasteiger partial charge is 0.464 e. The molecule has 0 aliphatic carbocycles. The summed E-state index contributed by atoms with van der Waals surface area (Å²) in [5, 5.41) is 8.04.